The van der Waals surface area contributed by atoms with Crippen LogP contribution in [0.4, 0.5) is 0 Å². The first-order chi connectivity index (χ1) is 22.5. The first kappa shape index (κ1) is 33.8. The van der Waals surface area contributed by atoms with E-state index in [2.05, 4.69) is 53.4 Å². The van der Waals surface area contributed by atoms with E-state index in [1.165, 1.54) is 12.5 Å². The van der Waals surface area contributed by atoms with Crippen LogP contribution in [0.5, 0.6) is 0 Å². The van der Waals surface area contributed by atoms with Gasteiger partial charge in [-0.05, 0) is 129 Å². The molecule has 6 aliphatic rings. The minimum Gasteiger partial charge on any atom is -0.478 e. The molecule has 5 fully saturated rings. The van der Waals surface area contributed by atoms with Gasteiger partial charge in [-0.1, -0.05) is 71.7 Å². The number of carbonyl (C=O) groups excluding carboxylic acids is 2. The molecule has 7 atom stereocenters. The first-order valence-corrected chi connectivity index (χ1v) is 19.1. The molecule has 1 N–H and O–H groups in total. The van der Waals surface area contributed by atoms with Crippen LogP contribution in [0.2, 0.25) is 0 Å². The molecule has 6 nitrogen and oxygen atoms in total. The number of allylic oxidation sites excluding steroid dienone is 1. The largest absolute Gasteiger partial charge is 0.478 e. The SMILES string of the molecule is CC1(C)CC[C@]2(C(=O)N3CCCC3)CC[C@]3(C)C(=C2C1)CC[C@@H]1[C@@]2(C)CC[C@H](OC(=O)c4ccccc4C(=O)O)C(C)(C)[C@@H]2CC[C@]13C. The Morgan fingerprint density at radius 1 is 0.771 bits per heavy atom. The number of ether oxygens (including phenoxy) is 1. The predicted molar refractivity (Wildman–Crippen MR) is 188 cm³/mol. The third kappa shape index (κ3) is 4.72. The third-order valence-corrected chi connectivity index (χ3v) is 15.9. The Hall–Kier alpha value is -2.63. The van der Waals surface area contributed by atoms with Crippen molar-refractivity contribution in [1.82, 2.24) is 4.90 Å². The van der Waals surface area contributed by atoms with Crippen LogP contribution in [0.3, 0.4) is 0 Å². The standard InChI is InChI=1S/C42H59NO5/c1-37(2)20-22-42(36(47)43-24-10-11-25-43)23-21-40(6)29(30(42)26-37)14-15-32-39(5)18-17-33(38(3,4)31(39)16-19-41(32,40)7)48-35(46)28-13-9-8-12-27(28)34(44)45/h8-9,12-13,31-33H,10-11,14-26H2,1-7H3,(H,44,45)/t31-,32+,33-,39-,40+,41+,42-/m0/s1. The van der Waals surface area contributed by atoms with Crippen LogP contribution in [0.1, 0.15) is 153 Å². The van der Waals surface area contributed by atoms with Gasteiger partial charge in [0.25, 0.3) is 0 Å². The lowest BCUT2D eigenvalue weighted by atomic mass is 9.34. The van der Waals surface area contributed by atoms with Crippen molar-refractivity contribution in [3.05, 3.63) is 46.5 Å². The smallest absolute Gasteiger partial charge is 0.339 e. The summed E-state index contributed by atoms with van der Waals surface area (Å²) >= 11 is 0. The monoisotopic (exact) mass is 657 g/mol. The zero-order valence-corrected chi connectivity index (χ0v) is 30.7. The van der Waals surface area contributed by atoms with Crippen LogP contribution in [0.25, 0.3) is 0 Å². The van der Waals surface area contributed by atoms with Crippen LogP contribution < -0.4 is 0 Å². The van der Waals surface area contributed by atoms with Gasteiger partial charge < -0.3 is 14.7 Å². The van der Waals surface area contributed by atoms with Crippen molar-refractivity contribution in [3.63, 3.8) is 0 Å². The molecule has 1 aliphatic heterocycles. The Morgan fingerprint density at radius 2 is 1.44 bits per heavy atom. The van der Waals surface area contributed by atoms with Crippen molar-refractivity contribution < 1.29 is 24.2 Å². The van der Waals surface area contributed by atoms with Gasteiger partial charge in [-0.3, -0.25) is 4.79 Å². The number of hydrogen-bond donors (Lipinski definition) is 1. The lowest BCUT2D eigenvalue weighted by molar-refractivity contribution is -0.205. The van der Waals surface area contributed by atoms with E-state index >= 15 is 0 Å². The molecular weight excluding hydrogens is 598 g/mol. The van der Waals surface area contributed by atoms with E-state index in [4.69, 9.17) is 4.74 Å². The maximum absolute atomic E-state index is 14.5. The van der Waals surface area contributed by atoms with Crippen LogP contribution >= 0.6 is 0 Å². The fraction of sp³-hybridized carbons (Fsp3) is 0.738. The molecule has 0 unspecified atom stereocenters. The molecule has 0 aromatic heterocycles. The topological polar surface area (TPSA) is 83.9 Å². The second kappa shape index (κ2) is 11.2. The van der Waals surface area contributed by atoms with E-state index in [0.717, 1.165) is 90.1 Å². The first-order valence-electron chi connectivity index (χ1n) is 19.1. The number of fused-ring (bicyclic) bond motifs is 6. The molecule has 1 heterocycles. The molecule has 6 heteroatoms. The Balaban J connectivity index is 1.20. The predicted octanol–water partition coefficient (Wildman–Crippen LogP) is 9.48. The van der Waals surface area contributed by atoms with E-state index in [1.54, 1.807) is 29.3 Å². The minimum absolute atomic E-state index is 0.00487. The number of carboxylic acids is 1. The van der Waals surface area contributed by atoms with Gasteiger partial charge in [-0.2, -0.15) is 0 Å². The Kier molecular flexibility index (Phi) is 7.89. The molecule has 1 amide bonds. The Labute approximate surface area is 288 Å². The van der Waals surface area contributed by atoms with Gasteiger partial charge >= 0.3 is 11.9 Å². The van der Waals surface area contributed by atoms with Gasteiger partial charge in [-0.25, -0.2) is 9.59 Å². The molecule has 48 heavy (non-hydrogen) atoms. The highest BCUT2D eigenvalue weighted by molar-refractivity contribution is 6.02. The number of aromatic carboxylic acids is 1. The third-order valence-electron chi connectivity index (χ3n) is 15.9. The number of esters is 1. The van der Waals surface area contributed by atoms with Crippen LogP contribution in [0.15, 0.2) is 35.4 Å². The lowest BCUT2D eigenvalue weighted by Gasteiger charge is -2.71. The van der Waals surface area contributed by atoms with Crippen molar-refractivity contribution >= 4 is 17.8 Å². The summed E-state index contributed by atoms with van der Waals surface area (Å²) in [5, 5.41) is 9.70. The van der Waals surface area contributed by atoms with Crippen molar-refractivity contribution in [1.29, 1.82) is 0 Å². The van der Waals surface area contributed by atoms with E-state index in [-0.39, 0.29) is 49.7 Å². The number of amides is 1. The molecule has 1 aromatic carbocycles. The van der Waals surface area contributed by atoms with E-state index in [1.807, 2.05) is 0 Å². The summed E-state index contributed by atoms with van der Waals surface area (Å²) in [5.41, 5.74) is 3.37. The molecular formula is C42H59NO5. The van der Waals surface area contributed by atoms with Crippen molar-refractivity contribution in [3.8, 4) is 0 Å². The van der Waals surface area contributed by atoms with Crippen LogP contribution in [-0.2, 0) is 9.53 Å². The summed E-state index contributed by atoms with van der Waals surface area (Å²) < 4.78 is 6.25. The second-order valence-corrected chi connectivity index (χ2v) is 18.9. The van der Waals surface area contributed by atoms with Gasteiger partial charge in [0.05, 0.1) is 16.5 Å². The minimum atomic E-state index is -1.11. The number of likely N-dealkylation sites (tertiary alicyclic amines) is 1. The fourth-order valence-electron chi connectivity index (χ4n) is 13.1. The molecule has 1 aromatic rings. The normalized spacial score (nSPS) is 39.8. The summed E-state index contributed by atoms with van der Waals surface area (Å²) in [4.78, 5) is 42.0. The molecule has 0 bridgehead atoms. The molecule has 5 aliphatic carbocycles. The highest BCUT2D eigenvalue weighted by Gasteiger charge is 2.68. The highest BCUT2D eigenvalue weighted by atomic mass is 16.5. The second-order valence-electron chi connectivity index (χ2n) is 18.9. The number of benzene rings is 1. The maximum Gasteiger partial charge on any atom is 0.339 e. The average molecular weight is 658 g/mol. The summed E-state index contributed by atoms with van der Waals surface area (Å²) in [6.45, 7) is 19.0. The molecule has 0 radical (unpaired) electrons. The van der Waals surface area contributed by atoms with Gasteiger partial charge in [0, 0.05) is 18.5 Å². The number of carboxylic acid groups (broad SMARTS) is 1. The summed E-state index contributed by atoms with van der Waals surface area (Å²) in [5.74, 6) is -0.234. The van der Waals surface area contributed by atoms with Crippen LogP contribution in [0, 0.1) is 44.3 Å². The molecule has 7 rings (SSSR count). The van der Waals surface area contributed by atoms with Gasteiger partial charge in [-0.15, -0.1) is 0 Å². The fourth-order valence-corrected chi connectivity index (χ4v) is 13.1. The van der Waals surface area contributed by atoms with Crippen molar-refractivity contribution in [2.24, 2.45) is 44.3 Å². The summed E-state index contributed by atoms with van der Waals surface area (Å²) in [6.07, 6.45) is 13.6. The Morgan fingerprint density at radius 3 is 2.12 bits per heavy atom. The maximum atomic E-state index is 14.5. The van der Waals surface area contributed by atoms with Gasteiger partial charge in [0.1, 0.15) is 6.10 Å². The molecule has 262 valence electrons. The number of carbonyl (C=O) groups is 3. The quantitative estimate of drug-likeness (QED) is 0.258. The van der Waals surface area contributed by atoms with E-state index < -0.39 is 11.9 Å². The average Bonchev–Trinajstić information content (AvgIpc) is 3.57. The number of nitrogens with zero attached hydrogens (tertiary/aromatic N) is 1. The molecule has 1 saturated heterocycles. The van der Waals surface area contributed by atoms with Crippen molar-refractivity contribution in [2.75, 3.05) is 13.1 Å². The Bertz CT molecular complexity index is 1550. The number of hydrogen-bond acceptors (Lipinski definition) is 4. The summed E-state index contributed by atoms with van der Waals surface area (Å²) in [6, 6.07) is 6.39. The highest BCUT2D eigenvalue weighted by Crippen LogP contribution is 2.76. The number of rotatable bonds is 4. The van der Waals surface area contributed by atoms with E-state index in [9.17, 15) is 19.5 Å². The van der Waals surface area contributed by atoms with Crippen LogP contribution in [-0.4, -0.2) is 47.0 Å². The van der Waals surface area contributed by atoms with Gasteiger partial charge in [0.15, 0.2) is 0 Å². The lowest BCUT2D eigenvalue weighted by Crippen LogP contribution is -2.64. The molecule has 0 spiro atoms. The van der Waals surface area contributed by atoms with E-state index in [0.29, 0.717) is 17.7 Å². The zero-order valence-electron chi connectivity index (χ0n) is 30.7. The summed E-state index contributed by atoms with van der Waals surface area (Å²) in [7, 11) is 0. The zero-order chi connectivity index (χ0) is 34.5. The van der Waals surface area contributed by atoms with Gasteiger partial charge in [0.2, 0.25) is 5.91 Å². The van der Waals surface area contributed by atoms with Crippen molar-refractivity contribution in [2.45, 2.75) is 138 Å². The molecule has 4 saturated carbocycles.